The lowest BCUT2D eigenvalue weighted by atomic mass is 10.0. The number of carbonyl (C=O) groups is 2. The van der Waals surface area contributed by atoms with Gasteiger partial charge in [-0.05, 0) is 48.7 Å². The van der Waals surface area contributed by atoms with Gasteiger partial charge in [-0.2, -0.15) is 0 Å². The third-order valence-electron chi connectivity index (χ3n) is 5.75. The molecule has 2 heterocycles. The van der Waals surface area contributed by atoms with Crippen LogP contribution in [0.3, 0.4) is 0 Å². The number of fused-ring (bicyclic) bond motifs is 2. The minimum absolute atomic E-state index is 0.313. The molecule has 0 bridgehead atoms. The summed E-state index contributed by atoms with van der Waals surface area (Å²) >= 11 is 1.45. The predicted molar refractivity (Wildman–Crippen MR) is 123 cm³/mol. The number of esters is 1. The van der Waals surface area contributed by atoms with E-state index in [9.17, 15) is 9.59 Å². The molecule has 0 aliphatic carbocycles. The highest BCUT2D eigenvalue weighted by Crippen LogP contribution is 2.38. The van der Waals surface area contributed by atoms with Crippen LogP contribution in [0.5, 0.6) is 5.75 Å². The highest BCUT2D eigenvalue weighted by Gasteiger charge is 2.30. The molecule has 7 heteroatoms. The third-order valence-corrected chi connectivity index (χ3v) is 6.88. The van der Waals surface area contributed by atoms with Crippen molar-refractivity contribution in [1.82, 2.24) is 4.90 Å². The molecular formula is C24H26N2O4S. The number of amides is 1. The quantitative estimate of drug-likeness (QED) is 0.584. The molecule has 31 heavy (non-hydrogen) atoms. The molecule has 0 spiro atoms. The van der Waals surface area contributed by atoms with Crippen LogP contribution in [0.2, 0.25) is 0 Å². The lowest BCUT2D eigenvalue weighted by Crippen LogP contribution is -2.35. The number of nitrogens with zero attached hydrogens (tertiary/aromatic N) is 1. The van der Waals surface area contributed by atoms with E-state index in [0.29, 0.717) is 27.9 Å². The van der Waals surface area contributed by atoms with Gasteiger partial charge in [0.1, 0.15) is 10.8 Å². The van der Waals surface area contributed by atoms with Crippen molar-refractivity contribution < 1.29 is 19.1 Å². The molecule has 1 amide bonds. The minimum Gasteiger partial charge on any atom is -0.496 e. The van der Waals surface area contributed by atoms with Crippen LogP contribution in [0.25, 0.3) is 10.8 Å². The number of hydrogen-bond donors (Lipinski definition) is 1. The first-order valence-corrected chi connectivity index (χ1v) is 11.1. The smallest absolute Gasteiger partial charge is 0.341 e. The Morgan fingerprint density at radius 1 is 1.13 bits per heavy atom. The van der Waals surface area contributed by atoms with Crippen LogP contribution in [-0.2, 0) is 17.7 Å². The molecule has 1 aliphatic rings. The monoisotopic (exact) mass is 438 g/mol. The molecule has 0 radical (unpaired) electrons. The topological polar surface area (TPSA) is 67.9 Å². The Kier molecular flexibility index (Phi) is 5.98. The maximum absolute atomic E-state index is 13.2. The molecule has 0 atom stereocenters. The van der Waals surface area contributed by atoms with E-state index >= 15 is 0 Å². The number of thiophene rings is 1. The van der Waals surface area contributed by atoms with Gasteiger partial charge in [0.15, 0.2) is 0 Å². The van der Waals surface area contributed by atoms with Crippen molar-refractivity contribution >= 4 is 39.0 Å². The number of nitrogens with one attached hydrogen (secondary N) is 1. The second-order valence-electron chi connectivity index (χ2n) is 7.87. The Morgan fingerprint density at radius 2 is 1.84 bits per heavy atom. The van der Waals surface area contributed by atoms with Gasteiger partial charge in [0.2, 0.25) is 0 Å². The van der Waals surface area contributed by atoms with Gasteiger partial charge in [-0.25, -0.2) is 4.79 Å². The van der Waals surface area contributed by atoms with Gasteiger partial charge < -0.3 is 14.8 Å². The van der Waals surface area contributed by atoms with Crippen LogP contribution >= 0.6 is 11.3 Å². The number of rotatable bonds is 5. The molecule has 0 unspecified atom stereocenters. The zero-order valence-corrected chi connectivity index (χ0v) is 19.0. The molecule has 1 aliphatic heterocycles. The van der Waals surface area contributed by atoms with Crippen molar-refractivity contribution in [3.63, 3.8) is 0 Å². The summed E-state index contributed by atoms with van der Waals surface area (Å²) in [7, 11) is 2.92. The summed E-state index contributed by atoms with van der Waals surface area (Å²) in [6.07, 6.45) is 0.754. The first-order valence-electron chi connectivity index (χ1n) is 10.3. The largest absolute Gasteiger partial charge is 0.496 e. The molecule has 0 saturated heterocycles. The van der Waals surface area contributed by atoms with Crippen LogP contribution in [0.4, 0.5) is 5.00 Å². The number of hydrogen-bond acceptors (Lipinski definition) is 6. The number of methoxy groups -OCH3 is 2. The predicted octanol–water partition coefficient (Wildman–Crippen LogP) is 4.72. The maximum Gasteiger partial charge on any atom is 0.341 e. The van der Waals surface area contributed by atoms with E-state index in [2.05, 4.69) is 24.1 Å². The Morgan fingerprint density at radius 3 is 2.48 bits per heavy atom. The van der Waals surface area contributed by atoms with Gasteiger partial charge in [0.25, 0.3) is 5.91 Å². The molecule has 1 N–H and O–H groups in total. The van der Waals surface area contributed by atoms with Gasteiger partial charge in [-0.1, -0.05) is 24.3 Å². The molecule has 2 aromatic carbocycles. The lowest BCUT2D eigenvalue weighted by molar-refractivity contribution is 0.0600. The second kappa shape index (κ2) is 8.69. The van der Waals surface area contributed by atoms with Crippen LogP contribution in [-0.4, -0.2) is 43.6 Å². The fraction of sp³-hybridized carbons (Fsp3) is 0.333. The van der Waals surface area contributed by atoms with E-state index in [4.69, 9.17) is 9.47 Å². The zero-order valence-electron chi connectivity index (χ0n) is 18.2. The van der Waals surface area contributed by atoms with Gasteiger partial charge in [-0.3, -0.25) is 9.69 Å². The van der Waals surface area contributed by atoms with E-state index in [1.807, 2.05) is 36.4 Å². The summed E-state index contributed by atoms with van der Waals surface area (Å²) < 4.78 is 10.5. The van der Waals surface area contributed by atoms with Crippen molar-refractivity contribution in [2.24, 2.45) is 0 Å². The molecule has 0 saturated carbocycles. The van der Waals surface area contributed by atoms with Gasteiger partial charge >= 0.3 is 5.97 Å². The first kappa shape index (κ1) is 21.3. The summed E-state index contributed by atoms with van der Waals surface area (Å²) in [4.78, 5) is 29.3. The molecule has 0 fully saturated rings. The van der Waals surface area contributed by atoms with Crippen molar-refractivity contribution in [1.29, 1.82) is 0 Å². The summed E-state index contributed by atoms with van der Waals surface area (Å²) in [5.41, 5.74) is 1.88. The maximum atomic E-state index is 13.2. The van der Waals surface area contributed by atoms with Crippen molar-refractivity contribution in [2.45, 2.75) is 32.9 Å². The third kappa shape index (κ3) is 4.03. The molecule has 1 aromatic heterocycles. The Hall–Kier alpha value is -2.90. The summed E-state index contributed by atoms with van der Waals surface area (Å²) in [6.45, 7) is 5.96. The molecule has 4 rings (SSSR count). The fourth-order valence-corrected chi connectivity index (χ4v) is 5.26. The van der Waals surface area contributed by atoms with Gasteiger partial charge in [0, 0.05) is 24.0 Å². The first-order chi connectivity index (χ1) is 14.9. The Labute approximate surface area is 185 Å². The van der Waals surface area contributed by atoms with E-state index in [-0.39, 0.29) is 5.91 Å². The zero-order chi connectivity index (χ0) is 22.1. The number of anilines is 1. The Bertz CT molecular complexity index is 1150. The summed E-state index contributed by atoms with van der Waals surface area (Å²) in [5, 5.41) is 5.43. The van der Waals surface area contributed by atoms with E-state index in [1.165, 1.54) is 18.4 Å². The van der Waals surface area contributed by atoms with Crippen LogP contribution < -0.4 is 10.1 Å². The van der Waals surface area contributed by atoms with Crippen molar-refractivity contribution in [3.8, 4) is 5.75 Å². The standard InChI is InChI=1S/C24H26N2O4S/c1-14(2)26-10-9-17-20(13-26)31-23(21(17)24(28)30-4)25-22(27)18-11-15-7-5-6-8-16(15)12-19(18)29-3/h5-8,11-12,14H,9-10,13H2,1-4H3,(H,25,27). The van der Waals surface area contributed by atoms with Crippen LogP contribution in [0.15, 0.2) is 36.4 Å². The summed E-state index contributed by atoms with van der Waals surface area (Å²) in [6, 6.07) is 11.9. The average Bonchev–Trinajstić information content (AvgIpc) is 3.14. The minimum atomic E-state index is -0.420. The van der Waals surface area contributed by atoms with Gasteiger partial charge in [0.05, 0.1) is 25.3 Å². The normalized spacial score (nSPS) is 13.8. The van der Waals surface area contributed by atoms with E-state index in [0.717, 1.165) is 40.7 Å². The number of ether oxygens (including phenoxy) is 2. The van der Waals surface area contributed by atoms with Crippen LogP contribution in [0, 0.1) is 0 Å². The lowest BCUT2D eigenvalue weighted by Gasteiger charge is -2.30. The molecule has 162 valence electrons. The Balaban J connectivity index is 1.72. The summed E-state index contributed by atoms with van der Waals surface area (Å²) in [5.74, 6) is -0.244. The molecule has 6 nitrogen and oxygen atoms in total. The molecule has 3 aromatic rings. The van der Waals surface area contributed by atoms with Gasteiger partial charge in [-0.15, -0.1) is 11.3 Å². The van der Waals surface area contributed by atoms with E-state index < -0.39 is 5.97 Å². The average molecular weight is 439 g/mol. The van der Waals surface area contributed by atoms with Crippen molar-refractivity contribution in [3.05, 3.63) is 58.0 Å². The number of carbonyl (C=O) groups excluding carboxylic acids is 2. The highest BCUT2D eigenvalue weighted by molar-refractivity contribution is 7.17. The van der Waals surface area contributed by atoms with Crippen LogP contribution in [0.1, 0.15) is 45.0 Å². The van der Waals surface area contributed by atoms with Crippen molar-refractivity contribution in [2.75, 3.05) is 26.1 Å². The SMILES string of the molecule is COC(=O)c1c(NC(=O)c2cc3ccccc3cc2OC)sc2c1CCN(C(C)C)C2. The van der Waals surface area contributed by atoms with E-state index in [1.54, 1.807) is 7.11 Å². The second-order valence-corrected chi connectivity index (χ2v) is 8.97. The number of benzene rings is 2. The fourth-order valence-electron chi connectivity index (χ4n) is 4.01. The highest BCUT2D eigenvalue weighted by atomic mass is 32.1. The molecular weight excluding hydrogens is 412 g/mol.